The van der Waals surface area contributed by atoms with Gasteiger partial charge in [-0.3, -0.25) is 9.69 Å². The van der Waals surface area contributed by atoms with E-state index in [1.807, 2.05) is 18.2 Å². The van der Waals surface area contributed by atoms with Crippen molar-refractivity contribution >= 4 is 23.1 Å². The van der Waals surface area contributed by atoms with Crippen LogP contribution in [0.4, 0.5) is 0 Å². The van der Waals surface area contributed by atoms with Crippen LogP contribution in [0.3, 0.4) is 0 Å². The van der Waals surface area contributed by atoms with Gasteiger partial charge in [-0.25, -0.2) is 0 Å². The summed E-state index contributed by atoms with van der Waals surface area (Å²) in [5, 5.41) is 2.65. The van der Waals surface area contributed by atoms with Gasteiger partial charge >= 0.3 is 0 Å². The van der Waals surface area contributed by atoms with Crippen LogP contribution < -0.4 is 15.8 Å². The van der Waals surface area contributed by atoms with Crippen LogP contribution in [-0.2, 0) is 11.3 Å². The summed E-state index contributed by atoms with van der Waals surface area (Å²) in [6, 6.07) is 5.62. The molecule has 21 heavy (non-hydrogen) atoms. The van der Waals surface area contributed by atoms with E-state index in [4.69, 9.17) is 22.7 Å². The summed E-state index contributed by atoms with van der Waals surface area (Å²) in [6.07, 6.45) is 0.967. The fraction of sp³-hybridized carbons (Fsp3) is 0.467. The first-order valence-corrected chi connectivity index (χ1v) is 7.32. The van der Waals surface area contributed by atoms with E-state index >= 15 is 0 Å². The Hall–Kier alpha value is -1.66. The number of carbonyl (C=O) groups excluding carboxylic acids is 1. The van der Waals surface area contributed by atoms with Crippen LogP contribution in [0, 0.1) is 0 Å². The van der Waals surface area contributed by atoms with E-state index < -0.39 is 0 Å². The molecule has 1 amide bonds. The predicted octanol–water partition coefficient (Wildman–Crippen LogP) is 1.29. The van der Waals surface area contributed by atoms with Crippen molar-refractivity contribution in [2.45, 2.75) is 19.9 Å². The Morgan fingerprint density at radius 1 is 1.48 bits per heavy atom. The number of hydrogen-bond acceptors (Lipinski definition) is 4. The summed E-state index contributed by atoms with van der Waals surface area (Å²) < 4.78 is 5.38. The Balaban J connectivity index is 2.97. The zero-order valence-corrected chi connectivity index (χ0v) is 13.6. The molecule has 5 nitrogen and oxygen atoms in total. The molecule has 0 atom stereocenters. The van der Waals surface area contributed by atoms with E-state index in [2.05, 4.69) is 17.1 Å². The largest absolute Gasteiger partial charge is 0.496 e. The Labute approximate surface area is 131 Å². The molecular formula is C15H23N3O2S. The van der Waals surface area contributed by atoms with Crippen molar-refractivity contribution in [3.05, 3.63) is 29.3 Å². The summed E-state index contributed by atoms with van der Waals surface area (Å²) >= 11 is 5.01. The quantitative estimate of drug-likeness (QED) is 0.708. The van der Waals surface area contributed by atoms with Gasteiger partial charge in [0.15, 0.2) is 0 Å². The Morgan fingerprint density at radius 2 is 2.19 bits per heavy atom. The highest BCUT2D eigenvalue weighted by Crippen LogP contribution is 2.22. The van der Waals surface area contributed by atoms with Crippen LogP contribution in [-0.4, -0.2) is 43.0 Å². The number of nitrogens with zero attached hydrogens (tertiary/aromatic N) is 1. The van der Waals surface area contributed by atoms with Crippen molar-refractivity contribution < 1.29 is 9.53 Å². The van der Waals surface area contributed by atoms with Gasteiger partial charge in [-0.05, 0) is 31.2 Å². The van der Waals surface area contributed by atoms with Gasteiger partial charge in [-0.2, -0.15) is 0 Å². The summed E-state index contributed by atoms with van der Waals surface area (Å²) in [7, 11) is 3.27. The van der Waals surface area contributed by atoms with Crippen LogP contribution in [0.2, 0.25) is 0 Å². The highest BCUT2D eigenvalue weighted by atomic mass is 32.1. The average molecular weight is 309 g/mol. The predicted molar refractivity (Wildman–Crippen MR) is 88.5 cm³/mol. The number of rotatable bonds is 8. The Bertz CT molecular complexity index is 506. The number of nitrogens with one attached hydrogen (secondary N) is 1. The minimum atomic E-state index is -0.00656. The molecule has 0 unspecified atom stereocenters. The third-order valence-electron chi connectivity index (χ3n) is 3.14. The number of nitrogens with two attached hydrogens (primary N) is 1. The molecule has 116 valence electrons. The number of ether oxygens (including phenoxy) is 1. The molecule has 0 aromatic heterocycles. The molecule has 0 aliphatic carbocycles. The van der Waals surface area contributed by atoms with Crippen LogP contribution in [0.1, 0.15) is 24.5 Å². The standard InChI is InChI=1S/C15H23N3O2S/c1-4-7-18(10-14(19)17-2)9-12-8-11(15(16)21)5-6-13(12)20-3/h5-6,8H,4,7,9-10H2,1-3H3,(H2,16,21)(H,17,19). The van der Waals surface area contributed by atoms with Gasteiger partial charge in [0.25, 0.3) is 0 Å². The number of methoxy groups -OCH3 is 1. The average Bonchev–Trinajstić information content (AvgIpc) is 2.47. The molecule has 1 aromatic carbocycles. The van der Waals surface area contributed by atoms with Crippen LogP contribution >= 0.6 is 12.2 Å². The van der Waals surface area contributed by atoms with E-state index in [9.17, 15) is 4.79 Å². The molecule has 0 saturated carbocycles. The molecule has 0 spiro atoms. The number of amides is 1. The third-order valence-corrected chi connectivity index (χ3v) is 3.38. The van der Waals surface area contributed by atoms with E-state index in [0.717, 1.165) is 29.8 Å². The maximum atomic E-state index is 11.6. The zero-order chi connectivity index (χ0) is 15.8. The topological polar surface area (TPSA) is 67.6 Å². The maximum Gasteiger partial charge on any atom is 0.233 e. The molecule has 0 aliphatic rings. The molecule has 1 aromatic rings. The smallest absolute Gasteiger partial charge is 0.233 e. The molecule has 1 rings (SSSR count). The zero-order valence-electron chi connectivity index (χ0n) is 12.8. The van der Waals surface area contributed by atoms with E-state index in [-0.39, 0.29) is 5.91 Å². The fourth-order valence-corrected chi connectivity index (χ4v) is 2.24. The monoisotopic (exact) mass is 309 g/mol. The van der Waals surface area contributed by atoms with Crippen molar-refractivity contribution in [1.82, 2.24) is 10.2 Å². The summed E-state index contributed by atoms with van der Waals surface area (Å²) in [6.45, 7) is 3.87. The molecular weight excluding hydrogens is 286 g/mol. The number of benzene rings is 1. The van der Waals surface area contributed by atoms with Crippen LogP contribution in [0.25, 0.3) is 0 Å². The maximum absolute atomic E-state index is 11.6. The fourth-order valence-electron chi connectivity index (χ4n) is 2.11. The van der Waals surface area contributed by atoms with Gasteiger partial charge in [0.2, 0.25) is 5.91 Å². The lowest BCUT2D eigenvalue weighted by Gasteiger charge is -2.22. The lowest BCUT2D eigenvalue weighted by atomic mass is 10.1. The van der Waals surface area contributed by atoms with E-state index in [0.29, 0.717) is 18.1 Å². The molecule has 6 heteroatoms. The minimum absolute atomic E-state index is 0.00656. The Morgan fingerprint density at radius 3 is 2.71 bits per heavy atom. The lowest BCUT2D eigenvalue weighted by Crippen LogP contribution is -2.35. The van der Waals surface area contributed by atoms with Gasteiger partial charge in [0.05, 0.1) is 13.7 Å². The van der Waals surface area contributed by atoms with Crippen molar-refractivity contribution in [3.63, 3.8) is 0 Å². The van der Waals surface area contributed by atoms with Gasteiger partial charge in [-0.15, -0.1) is 0 Å². The molecule has 0 bridgehead atoms. The second kappa shape index (κ2) is 8.59. The van der Waals surface area contributed by atoms with Crippen molar-refractivity contribution in [3.8, 4) is 5.75 Å². The van der Waals surface area contributed by atoms with Crippen molar-refractivity contribution in [1.29, 1.82) is 0 Å². The third kappa shape index (κ3) is 5.32. The molecule has 0 aliphatic heterocycles. The number of hydrogen-bond donors (Lipinski definition) is 2. The molecule has 0 heterocycles. The van der Waals surface area contributed by atoms with Crippen molar-refractivity contribution in [2.75, 3.05) is 27.2 Å². The Kier molecular flexibility index (Phi) is 7.11. The molecule has 0 saturated heterocycles. The van der Waals surface area contributed by atoms with E-state index in [1.165, 1.54) is 0 Å². The molecule has 3 N–H and O–H groups in total. The highest BCUT2D eigenvalue weighted by molar-refractivity contribution is 7.80. The lowest BCUT2D eigenvalue weighted by molar-refractivity contribution is -0.121. The van der Waals surface area contributed by atoms with Gasteiger partial charge in [0.1, 0.15) is 10.7 Å². The summed E-state index contributed by atoms with van der Waals surface area (Å²) in [5.41, 5.74) is 7.45. The van der Waals surface area contributed by atoms with E-state index in [1.54, 1.807) is 14.2 Å². The number of carbonyl (C=O) groups is 1. The minimum Gasteiger partial charge on any atom is -0.496 e. The van der Waals surface area contributed by atoms with Crippen LogP contribution in [0.5, 0.6) is 5.75 Å². The first kappa shape index (κ1) is 17.4. The number of thiocarbonyl (C=S) groups is 1. The van der Waals surface area contributed by atoms with Gasteiger partial charge in [-0.1, -0.05) is 19.1 Å². The van der Waals surface area contributed by atoms with Gasteiger partial charge < -0.3 is 15.8 Å². The summed E-state index contributed by atoms with van der Waals surface area (Å²) in [4.78, 5) is 14.0. The normalized spacial score (nSPS) is 10.5. The van der Waals surface area contributed by atoms with Crippen LogP contribution in [0.15, 0.2) is 18.2 Å². The van der Waals surface area contributed by atoms with Crippen molar-refractivity contribution in [2.24, 2.45) is 5.73 Å². The second-order valence-corrected chi connectivity index (χ2v) is 5.21. The number of likely N-dealkylation sites (N-methyl/N-ethyl adjacent to an activating group) is 1. The molecule has 0 fully saturated rings. The SMILES string of the molecule is CCCN(CC(=O)NC)Cc1cc(C(N)=S)ccc1OC. The summed E-state index contributed by atoms with van der Waals surface area (Å²) in [5.74, 6) is 0.765. The second-order valence-electron chi connectivity index (χ2n) is 4.77. The van der Waals surface area contributed by atoms with Gasteiger partial charge in [0, 0.05) is 24.7 Å². The first-order valence-electron chi connectivity index (χ1n) is 6.91. The molecule has 0 radical (unpaired) electrons. The first-order chi connectivity index (χ1) is 10.0. The highest BCUT2D eigenvalue weighted by Gasteiger charge is 2.13.